The average molecular weight is 284 g/mol. The second-order valence-electron chi connectivity index (χ2n) is 7.13. The van der Waals surface area contributed by atoms with Gasteiger partial charge in [0.2, 0.25) is 0 Å². The maximum Gasteiger partial charge on any atom is 0.328 e. The summed E-state index contributed by atoms with van der Waals surface area (Å²) in [6.45, 7) is 9.23. The van der Waals surface area contributed by atoms with Gasteiger partial charge in [0, 0.05) is 6.08 Å². The highest BCUT2D eigenvalue weighted by molar-refractivity contribution is 5.80. The van der Waals surface area contributed by atoms with Crippen molar-refractivity contribution in [3.05, 3.63) is 53.1 Å². The number of hydrogen-bond acceptors (Lipinski definition) is 1. The van der Waals surface area contributed by atoms with Crippen molar-refractivity contribution < 1.29 is 9.90 Å². The van der Waals surface area contributed by atoms with Crippen molar-refractivity contribution in [1.82, 2.24) is 0 Å². The van der Waals surface area contributed by atoms with Crippen molar-refractivity contribution in [3.63, 3.8) is 0 Å². The van der Waals surface area contributed by atoms with Crippen LogP contribution in [0.1, 0.15) is 57.2 Å². The number of carboxylic acids is 1. The highest BCUT2D eigenvalue weighted by atomic mass is 16.4. The number of carbonyl (C=O) groups is 1. The van der Waals surface area contributed by atoms with Crippen molar-refractivity contribution in [3.8, 4) is 0 Å². The molecule has 1 aliphatic carbocycles. The Morgan fingerprint density at radius 1 is 1.05 bits per heavy atom. The first-order chi connectivity index (χ1) is 9.72. The third-order valence-electron chi connectivity index (χ3n) is 4.52. The fraction of sp³-hybridized carbons (Fsp3) is 0.421. The summed E-state index contributed by atoms with van der Waals surface area (Å²) >= 11 is 0. The van der Waals surface area contributed by atoms with E-state index in [-0.39, 0.29) is 10.8 Å². The predicted octanol–water partition coefficient (Wildman–Crippen LogP) is 4.69. The molecule has 1 N–H and O–H groups in total. The molecule has 21 heavy (non-hydrogen) atoms. The highest BCUT2D eigenvalue weighted by Gasteiger charge is 2.36. The standard InChI is InChI=1S/C19H24O2/c1-18(2)11-12-19(3,4)16-13-14(9-10-15(16)18)7-5-6-8-17(20)21/h5-10,13H,11-12H2,1-4H3,(H,20,21). The van der Waals surface area contributed by atoms with Gasteiger partial charge in [-0.05, 0) is 40.4 Å². The van der Waals surface area contributed by atoms with Gasteiger partial charge >= 0.3 is 5.97 Å². The van der Waals surface area contributed by atoms with Crippen LogP contribution in [0.5, 0.6) is 0 Å². The Balaban J connectivity index is 2.35. The topological polar surface area (TPSA) is 37.3 Å². The Morgan fingerprint density at radius 2 is 1.67 bits per heavy atom. The van der Waals surface area contributed by atoms with Crippen molar-refractivity contribution in [2.75, 3.05) is 0 Å². The van der Waals surface area contributed by atoms with E-state index in [1.165, 1.54) is 24.0 Å². The van der Waals surface area contributed by atoms with Crippen molar-refractivity contribution in [2.45, 2.75) is 51.4 Å². The molecule has 1 aliphatic rings. The van der Waals surface area contributed by atoms with Crippen molar-refractivity contribution >= 4 is 12.0 Å². The summed E-state index contributed by atoms with van der Waals surface area (Å²) in [6.07, 6.45) is 8.83. The molecule has 0 unspecified atom stereocenters. The van der Waals surface area contributed by atoms with Crippen molar-refractivity contribution in [1.29, 1.82) is 0 Å². The Bertz CT molecular complexity index is 604. The van der Waals surface area contributed by atoms with Gasteiger partial charge in [0.1, 0.15) is 0 Å². The largest absolute Gasteiger partial charge is 0.478 e. The van der Waals surface area contributed by atoms with E-state index >= 15 is 0 Å². The summed E-state index contributed by atoms with van der Waals surface area (Å²) in [7, 11) is 0. The smallest absolute Gasteiger partial charge is 0.328 e. The van der Waals surface area contributed by atoms with Crippen LogP contribution < -0.4 is 0 Å². The number of carboxylic acid groups (broad SMARTS) is 1. The van der Waals surface area contributed by atoms with E-state index in [0.29, 0.717) is 0 Å². The fourth-order valence-corrected chi connectivity index (χ4v) is 3.01. The molecule has 0 spiro atoms. The zero-order chi connectivity index (χ0) is 15.7. The summed E-state index contributed by atoms with van der Waals surface area (Å²) < 4.78 is 0. The van der Waals surface area contributed by atoms with Crippen LogP contribution in [0.2, 0.25) is 0 Å². The Hall–Kier alpha value is -1.83. The minimum Gasteiger partial charge on any atom is -0.478 e. The number of hydrogen-bond donors (Lipinski definition) is 1. The van der Waals surface area contributed by atoms with E-state index in [1.807, 2.05) is 6.08 Å². The van der Waals surface area contributed by atoms with E-state index in [2.05, 4.69) is 45.9 Å². The predicted molar refractivity (Wildman–Crippen MR) is 87.5 cm³/mol. The van der Waals surface area contributed by atoms with E-state index in [9.17, 15) is 4.79 Å². The van der Waals surface area contributed by atoms with Gasteiger partial charge in [0.05, 0.1) is 0 Å². The SMILES string of the molecule is CC1(C)CCC(C)(C)c2cc(C=CC=CC(=O)O)ccc21. The number of fused-ring (bicyclic) bond motifs is 1. The first-order valence-corrected chi connectivity index (χ1v) is 7.45. The first kappa shape index (κ1) is 15.6. The second kappa shape index (κ2) is 5.51. The Morgan fingerprint density at radius 3 is 2.29 bits per heavy atom. The maximum atomic E-state index is 10.4. The molecule has 0 bridgehead atoms. The van der Waals surface area contributed by atoms with Gasteiger partial charge < -0.3 is 5.11 Å². The average Bonchev–Trinajstić information content (AvgIpc) is 2.40. The van der Waals surface area contributed by atoms with Gasteiger partial charge in [0.25, 0.3) is 0 Å². The number of aliphatic carboxylic acids is 1. The van der Waals surface area contributed by atoms with Gasteiger partial charge in [-0.25, -0.2) is 4.79 Å². The van der Waals surface area contributed by atoms with Gasteiger partial charge in [-0.1, -0.05) is 64.1 Å². The molecule has 0 saturated heterocycles. The Kier molecular flexibility index (Phi) is 4.08. The molecule has 2 nitrogen and oxygen atoms in total. The van der Waals surface area contributed by atoms with Crippen LogP contribution in [-0.2, 0) is 15.6 Å². The van der Waals surface area contributed by atoms with Crippen LogP contribution >= 0.6 is 0 Å². The molecule has 0 heterocycles. The molecule has 0 atom stereocenters. The molecule has 112 valence electrons. The molecule has 0 aliphatic heterocycles. The summed E-state index contributed by atoms with van der Waals surface area (Å²) in [6, 6.07) is 6.60. The maximum absolute atomic E-state index is 10.4. The van der Waals surface area contributed by atoms with Crippen LogP contribution in [0.3, 0.4) is 0 Å². The molecule has 0 saturated carbocycles. The van der Waals surface area contributed by atoms with E-state index in [4.69, 9.17) is 5.11 Å². The zero-order valence-electron chi connectivity index (χ0n) is 13.3. The van der Waals surface area contributed by atoms with Gasteiger partial charge in [-0.2, -0.15) is 0 Å². The van der Waals surface area contributed by atoms with E-state index in [0.717, 1.165) is 11.6 Å². The number of benzene rings is 1. The number of allylic oxidation sites excluding steroid dienone is 2. The monoisotopic (exact) mass is 284 g/mol. The minimum absolute atomic E-state index is 0.200. The summed E-state index contributed by atoms with van der Waals surface area (Å²) in [5, 5.41) is 8.57. The van der Waals surface area contributed by atoms with Crippen LogP contribution in [0.25, 0.3) is 6.08 Å². The third-order valence-corrected chi connectivity index (χ3v) is 4.52. The van der Waals surface area contributed by atoms with Gasteiger partial charge in [-0.3, -0.25) is 0 Å². The van der Waals surface area contributed by atoms with Crippen molar-refractivity contribution in [2.24, 2.45) is 0 Å². The molecular formula is C19H24O2. The summed E-state index contributed by atoms with van der Waals surface area (Å²) in [5.41, 5.74) is 4.41. The molecule has 2 heteroatoms. The van der Waals surface area contributed by atoms with E-state index < -0.39 is 5.97 Å². The first-order valence-electron chi connectivity index (χ1n) is 7.45. The van der Waals surface area contributed by atoms with Crippen LogP contribution in [0, 0.1) is 0 Å². The third kappa shape index (κ3) is 3.44. The highest BCUT2D eigenvalue weighted by Crippen LogP contribution is 2.45. The lowest BCUT2D eigenvalue weighted by molar-refractivity contribution is -0.131. The van der Waals surface area contributed by atoms with E-state index in [1.54, 1.807) is 12.2 Å². The van der Waals surface area contributed by atoms with Crippen LogP contribution in [-0.4, -0.2) is 11.1 Å². The fourth-order valence-electron chi connectivity index (χ4n) is 3.01. The van der Waals surface area contributed by atoms with Gasteiger partial charge in [-0.15, -0.1) is 0 Å². The molecule has 0 aromatic heterocycles. The van der Waals surface area contributed by atoms with Crippen LogP contribution in [0.15, 0.2) is 36.4 Å². The zero-order valence-corrected chi connectivity index (χ0v) is 13.3. The molecule has 0 fully saturated rings. The molecule has 2 rings (SSSR count). The quantitative estimate of drug-likeness (QED) is 0.646. The summed E-state index contributed by atoms with van der Waals surface area (Å²) in [4.78, 5) is 10.4. The Labute approximate surface area is 127 Å². The summed E-state index contributed by atoms with van der Waals surface area (Å²) in [5.74, 6) is -0.923. The molecule has 0 amide bonds. The molecule has 1 aromatic rings. The lowest BCUT2D eigenvalue weighted by Crippen LogP contribution is -2.33. The lowest BCUT2D eigenvalue weighted by atomic mass is 9.63. The molecule has 1 aromatic carbocycles. The molecular weight excluding hydrogens is 260 g/mol. The minimum atomic E-state index is -0.923. The molecule has 0 radical (unpaired) electrons. The second-order valence-corrected chi connectivity index (χ2v) is 7.13. The lowest BCUT2D eigenvalue weighted by Gasteiger charge is -2.42. The normalized spacial score (nSPS) is 19.8. The van der Waals surface area contributed by atoms with Gasteiger partial charge in [0.15, 0.2) is 0 Å². The van der Waals surface area contributed by atoms with Crippen LogP contribution in [0.4, 0.5) is 0 Å². The number of rotatable bonds is 3.